The summed E-state index contributed by atoms with van der Waals surface area (Å²) in [5, 5.41) is 0. The van der Waals surface area contributed by atoms with E-state index in [1.165, 1.54) is 16.7 Å². The molecule has 0 spiro atoms. The van der Waals surface area contributed by atoms with Crippen LogP contribution in [0.5, 0.6) is 0 Å². The molecule has 2 nitrogen and oxygen atoms in total. The average molecular weight is 234 g/mol. The number of hydrogen-bond acceptors (Lipinski definition) is 2. The monoisotopic (exact) mass is 234 g/mol. The van der Waals surface area contributed by atoms with Crippen LogP contribution in [-0.2, 0) is 6.54 Å². The summed E-state index contributed by atoms with van der Waals surface area (Å²) in [5.41, 5.74) is 9.74. The Labute approximate surface area is 106 Å². The molecule has 0 saturated carbocycles. The van der Waals surface area contributed by atoms with Gasteiger partial charge in [-0.05, 0) is 63.9 Å². The lowest BCUT2D eigenvalue weighted by Gasteiger charge is -2.26. The summed E-state index contributed by atoms with van der Waals surface area (Å²) in [6.45, 7) is 11.7. The first-order chi connectivity index (χ1) is 8.04. The standard InChI is InChI=1S/C15H26N2/c1-12(2)17(9-5-8-16)11-15-7-6-13(3)14(4)10-15/h6-7,10,12H,5,8-9,11,16H2,1-4H3. The van der Waals surface area contributed by atoms with Gasteiger partial charge in [0, 0.05) is 12.6 Å². The van der Waals surface area contributed by atoms with Gasteiger partial charge < -0.3 is 5.73 Å². The van der Waals surface area contributed by atoms with Gasteiger partial charge in [0.15, 0.2) is 0 Å². The van der Waals surface area contributed by atoms with Crippen molar-refractivity contribution >= 4 is 0 Å². The molecule has 2 heteroatoms. The van der Waals surface area contributed by atoms with Crippen LogP contribution >= 0.6 is 0 Å². The summed E-state index contributed by atoms with van der Waals surface area (Å²) in [7, 11) is 0. The second kappa shape index (κ2) is 6.77. The van der Waals surface area contributed by atoms with Crippen LogP contribution in [0, 0.1) is 13.8 Å². The maximum atomic E-state index is 5.59. The highest BCUT2D eigenvalue weighted by atomic mass is 15.1. The van der Waals surface area contributed by atoms with Gasteiger partial charge >= 0.3 is 0 Å². The molecule has 0 aromatic heterocycles. The van der Waals surface area contributed by atoms with Gasteiger partial charge in [0.25, 0.3) is 0 Å². The molecule has 0 unspecified atom stereocenters. The zero-order valence-corrected chi connectivity index (χ0v) is 11.7. The second-order valence-electron chi connectivity index (χ2n) is 5.13. The van der Waals surface area contributed by atoms with Crippen LogP contribution < -0.4 is 5.73 Å². The molecule has 0 fully saturated rings. The van der Waals surface area contributed by atoms with Crippen molar-refractivity contribution in [3.8, 4) is 0 Å². The fraction of sp³-hybridized carbons (Fsp3) is 0.600. The maximum Gasteiger partial charge on any atom is 0.0236 e. The number of benzene rings is 1. The van der Waals surface area contributed by atoms with Crippen molar-refractivity contribution in [3.05, 3.63) is 34.9 Å². The molecule has 0 heterocycles. The van der Waals surface area contributed by atoms with E-state index in [-0.39, 0.29) is 0 Å². The first-order valence-electron chi connectivity index (χ1n) is 6.55. The van der Waals surface area contributed by atoms with Crippen LogP contribution in [0.1, 0.15) is 37.0 Å². The van der Waals surface area contributed by atoms with Gasteiger partial charge in [0.2, 0.25) is 0 Å². The molecule has 0 aliphatic heterocycles. The number of nitrogens with two attached hydrogens (primary N) is 1. The minimum Gasteiger partial charge on any atom is -0.330 e. The highest BCUT2D eigenvalue weighted by Gasteiger charge is 2.09. The van der Waals surface area contributed by atoms with Gasteiger partial charge in [-0.1, -0.05) is 18.2 Å². The summed E-state index contributed by atoms with van der Waals surface area (Å²) in [5.74, 6) is 0. The van der Waals surface area contributed by atoms with Gasteiger partial charge in [-0.15, -0.1) is 0 Å². The topological polar surface area (TPSA) is 29.3 Å². The molecule has 96 valence electrons. The molecule has 1 rings (SSSR count). The predicted molar refractivity (Wildman–Crippen MR) is 75.1 cm³/mol. The van der Waals surface area contributed by atoms with Crippen molar-refractivity contribution < 1.29 is 0 Å². The van der Waals surface area contributed by atoms with Crippen LogP contribution in [-0.4, -0.2) is 24.0 Å². The van der Waals surface area contributed by atoms with E-state index in [9.17, 15) is 0 Å². The van der Waals surface area contributed by atoms with Crippen LogP contribution in [0.4, 0.5) is 0 Å². The van der Waals surface area contributed by atoms with Crippen LogP contribution in [0.2, 0.25) is 0 Å². The summed E-state index contributed by atoms with van der Waals surface area (Å²) in [4.78, 5) is 2.48. The van der Waals surface area contributed by atoms with E-state index in [0.29, 0.717) is 6.04 Å². The normalized spacial score (nSPS) is 11.5. The molecule has 2 N–H and O–H groups in total. The Balaban J connectivity index is 2.68. The van der Waals surface area contributed by atoms with Crippen LogP contribution in [0.3, 0.4) is 0 Å². The number of nitrogens with zero attached hydrogens (tertiary/aromatic N) is 1. The van der Waals surface area contributed by atoms with E-state index >= 15 is 0 Å². The van der Waals surface area contributed by atoms with E-state index in [1.54, 1.807) is 0 Å². The molecular formula is C15H26N2. The molecule has 1 aromatic rings. The molecular weight excluding hydrogens is 208 g/mol. The van der Waals surface area contributed by atoms with E-state index in [1.807, 2.05) is 0 Å². The van der Waals surface area contributed by atoms with E-state index < -0.39 is 0 Å². The highest BCUT2D eigenvalue weighted by molar-refractivity contribution is 5.29. The van der Waals surface area contributed by atoms with Crippen molar-refractivity contribution in [1.82, 2.24) is 4.90 Å². The Bertz CT molecular complexity index is 345. The smallest absolute Gasteiger partial charge is 0.0236 e. The SMILES string of the molecule is Cc1ccc(CN(CCCN)C(C)C)cc1C. The van der Waals surface area contributed by atoms with Crippen molar-refractivity contribution in [2.75, 3.05) is 13.1 Å². The third kappa shape index (κ3) is 4.49. The lowest BCUT2D eigenvalue weighted by atomic mass is 10.1. The molecule has 0 amide bonds. The van der Waals surface area contributed by atoms with Crippen LogP contribution in [0.15, 0.2) is 18.2 Å². The van der Waals surface area contributed by atoms with Gasteiger partial charge in [-0.3, -0.25) is 4.90 Å². The zero-order chi connectivity index (χ0) is 12.8. The molecule has 1 aromatic carbocycles. The fourth-order valence-electron chi connectivity index (χ4n) is 1.95. The van der Waals surface area contributed by atoms with Gasteiger partial charge in [0.05, 0.1) is 0 Å². The van der Waals surface area contributed by atoms with Gasteiger partial charge in [0.1, 0.15) is 0 Å². The molecule has 0 radical (unpaired) electrons. The molecule has 0 bridgehead atoms. The Kier molecular flexibility index (Phi) is 5.66. The number of aryl methyl sites for hydroxylation is 2. The van der Waals surface area contributed by atoms with Crippen molar-refractivity contribution in [1.29, 1.82) is 0 Å². The third-order valence-corrected chi connectivity index (χ3v) is 3.34. The number of rotatable bonds is 6. The van der Waals surface area contributed by atoms with Gasteiger partial charge in [-0.25, -0.2) is 0 Å². The highest BCUT2D eigenvalue weighted by Crippen LogP contribution is 2.13. The Hall–Kier alpha value is -0.860. The summed E-state index contributed by atoms with van der Waals surface area (Å²) < 4.78 is 0. The summed E-state index contributed by atoms with van der Waals surface area (Å²) in [6.07, 6.45) is 1.07. The minimum absolute atomic E-state index is 0.572. The molecule has 0 aliphatic carbocycles. The summed E-state index contributed by atoms with van der Waals surface area (Å²) >= 11 is 0. The first kappa shape index (κ1) is 14.2. The summed E-state index contributed by atoms with van der Waals surface area (Å²) in [6, 6.07) is 7.32. The van der Waals surface area contributed by atoms with Gasteiger partial charge in [-0.2, -0.15) is 0 Å². The van der Waals surface area contributed by atoms with Crippen molar-refractivity contribution in [2.45, 2.75) is 46.7 Å². The Morgan fingerprint density at radius 1 is 1.18 bits per heavy atom. The van der Waals surface area contributed by atoms with E-state index in [2.05, 4.69) is 50.8 Å². The van der Waals surface area contributed by atoms with E-state index in [4.69, 9.17) is 5.73 Å². The quantitative estimate of drug-likeness (QED) is 0.820. The third-order valence-electron chi connectivity index (χ3n) is 3.34. The zero-order valence-electron chi connectivity index (χ0n) is 11.7. The Morgan fingerprint density at radius 3 is 2.41 bits per heavy atom. The van der Waals surface area contributed by atoms with E-state index in [0.717, 1.165) is 26.1 Å². The van der Waals surface area contributed by atoms with Crippen molar-refractivity contribution in [3.63, 3.8) is 0 Å². The van der Waals surface area contributed by atoms with Crippen LogP contribution in [0.25, 0.3) is 0 Å². The molecule has 17 heavy (non-hydrogen) atoms. The molecule has 0 atom stereocenters. The van der Waals surface area contributed by atoms with Crippen molar-refractivity contribution in [2.24, 2.45) is 5.73 Å². The second-order valence-corrected chi connectivity index (χ2v) is 5.13. The lowest BCUT2D eigenvalue weighted by Crippen LogP contribution is -2.32. The Morgan fingerprint density at radius 2 is 1.88 bits per heavy atom. The molecule has 0 saturated heterocycles. The predicted octanol–water partition coefficient (Wildman–Crippen LogP) is 2.86. The minimum atomic E-state index is 0.572. The maximum absolute atomic E-state index is 5.59. The lowest BCUT2D eigenvalue weighted by molar-refractivity contribution is 0.211. The largest absolute Gasteiger partial charge is 0.330 e. The fourth-order valence-corrected chi connectivity index (χ4v) is 1.95. The first-order valence-corrected chi connectivity index (χ1v) is 6.55. The average Bonchev–Trinajstić information content (AvgIpc) is 2.28. The number of hydrogen-bond donors (Lipinski definition) is 1. The molecule has 0 aliphatic rings.